The lowest BCUT2D eigenvalue weighted by molar-refractivity contribution is 0.0939. The molecule has 0 atom stereocenters. The van der Waals surface area contributed by atoms with E-state index in [4.69, 9.17) is 5.11 Å². The first-order chi connectivity index (χ1) is 12.6. The van der Waals surface area contributed by atoms with Crippen molar-refractivity contribution in [2.75, 3.05) is 26.2 Å². The van der Waals surface area contributed by atoms with Crippen molar-refractivity contribution in [3.05, 3.63) is 47.3 Å². The zero-order valence-electron chi connectivity index (χ0n) is 14.2. The zero-order valence-corrected chi connectivity index (χ0v) is 14.2. The van der Waals surface area contributed by atoms with Crippen molar-refractivity contribution < 1.29 is 18.7 Å². The minimum atomic E-state index is -0.526. The van der Waals surface area contributed by atoms with Crippen LogP contribution in [0.15, 0.2) is 24.4 Å². The number of carbonyl (C=O) groups is 1. The van der Waals surface area contributed by atoms with Gasteiger partial charge in [-0.15, -0.1) is 5.10 Å². The zero-order chi connectivity index (χ0) is 18.5. The number of nitrogens with one attached hydrogen (secondary N) is 1. The molecule has 0 aliphatic carbocycles. The Hall–Kier alpha value is -2.39. The Bertz CT molecular complexity index is 739. The third kappa shape index (κ3) is 4.23. The summed E-state index contributed by atoms with van der Waals surface area (Å²) in [5, 5.41) is 19.1. The number of piperidine rings is 1. The number of hydrogen-bond donors (Lipinski definition) is 2. The SMILES string of the molecule is O=C(NCCO)c1cn(C2CCN(Cc3c(F)cccc3F)CC2)nn1. The van der Waals surface area contributed by atoms with Crippen LogP contribution in [0.5, 0.6) is 0 Å². The topological polar surface area (TPSA) is 83.3 Å². The number of nitrogens with zero attached hydrogens (tertiary/aromatic N) is 4. The Kier molecular flexibility index (Phi) is 5.89. The van der Waals surface area contributed by atoms with Gasteiger partial charge in [-0.2, -0.15) is 0 Å². The van der Waals surface area contributed by atoms with Gasteiger partial charge in [-0.05, 0) is 25.0 Å². The molecular formula is C17H21F2N5O2. The van der Waals surface area contributed by atoms with E-state index in [1.807, 2.05) is 4.90 Å². The molecule has 2 heterocycles. The lowest BCUT2D eigenvalue weighted by Gasteiger charge is -2.31. The lowest BCUT2D eigenvalue weighted by Crippen LogP contribution is -2.35. The molecule has 0 bridgehead atoms. The van der Waals surface area contributed by atoms with Crippen molar-refractivity contribution in [1.29, 1.82) is 0 Å². The maximum atomic E-state index is 13.8. The molecule has 2 aromatic rings. The van der Waals surface area contributed by atoms with Gasteiger partial charge < -0.3 is 10.4 Å². The van der Waals surface area contributed by atoms with Crippen molar-refractivity contribution in [3.8, 4) is 0 Å². The average molecular weight is 365 g/mol. The number of halogens is 2. The first kappa shape index (κ1) is 18.4. The molecule has 7 nitrogen and oxygen atoms in total. The van der Waals surface area contributed by atoms with E-state index in [1.165, 1.54) is 18.2 Å². The Morgan fingerprint density at radius 3 is 2.62 bits per heavy atom. The summed E-state index contributed by atoms with van der Waals surface area (Å²) in [5.41, 5.74) is 0.295. The monoisotopic (exact) mass is 365 g/mol. The van der Waals surface area contributed by atoms with Crippen molar-refractivity contribution in [1.82, 2.24) is 25.2 Å². The molecule has 1 saturated heterocycles. The van der Waals surface area contributed by atoms with Crippen LogP contribution in [0, 0.1) is 11.6 Å². The fourth-order valence-corrected chi connectivity index (χ4v) is 3.07. The largest absolute Gasteiger partial charge is 0.395 e. The smallest absolute Gasteiger partial charge is 0.273 e. The van der Waals surface area contributed by atoms with Crippen LogP contribution >= 0.6 is 0 Å². The van der Waals surface area contributed by atoms with Gasteiger partial charge in [0.05, 0.1) is 18.8 Å². The van der Waals surface area contributed by atoms with E-state index in [-0.39, 0.29) is 42.9 Å². The summed E-state index contributed by atoms with van der Waals surface area (Å²) < 4.78 is 29.2. The molecule has 0 spiro atoms. The minimum absolute atomic E-state index is 0.0867. The highest BCUT2D eigenvalue weighted by atomic mass is 19.1. The van der Waals surface area contributed by atoms with Gasteiger partial charge in [-0.1, -0.05) is 11.3 Å². The second kappa shape index (κ2) is 8.33. The number of aliphatic hydroxyl groups is 1. The molecule has 1 aromatic heterocycles. The van der Waals surface area contributed by atoms with Crippen LogP contribution in [0.1, 0.15) is 34.9 Å². The average Bonchev–Trinajstić information content (AvgIpc) is 3.14. The van der Waals surface area contributed by atoms with Gasteiger partial charge in [0.1, 0.15) is 11.6 Å². The summed E-state index contributed by atoms with van der Waals surface area (Å²) in [6.07, 6.45) is 3.08. The van der Waals surface area contributed by atoms with E-state index in [0.29, 0.717) is 13.1 Å². The van der Waals surface area contributed by atoms with E-state index in [1.54, 1.807) is 10.9 Å². The Morgan fingerprint density at radius 2 is 1.96 bits per heavy atom. The van der Waals surface area contributed by atoms with Gasteiger partial charge in [0.2, 0.25) is 0 Å². The van der Waals surface area contributed by atoms with Crippen LogP contribution in [0.25, 0.3) is 0 Å². The maximum Gasteiger partial charge on any atom is 0.273 e. The van der Waals surface area contributed by atoms with Crippen LogP contribution in [0.4, 0.5) is 8.78 Å². The highest BCUT2D eigenvalue weighted by Crippen LogP contribution is 2.24. The normalized spacial score (nSPS) is 16.0. The molecule has 1 fully saturated rings. The van der Waals surface area contributed by atoms with E-state index in [2.05, 4.69) is 15.6 Å². The minimum Gasteiger partial charge on any atom is -0.395 e. The molecule has 0 radical (unpaired) electrons. The number of amides is 1. The molecule has 140 valence electrons. The predicted octanol–water partition coefficient (Wildman–Crippen LogP) is 1.12. The first-order valence-corrected chi connectivity index (χ1v) is 8.54. The van der Waals surface area contributed by atoms with E-state index >= 15 is 0 Å². The van der Waals surface area contributed by atoms with E-state index < -0.39 is 11.6 Å². The van der Waals surface area contributed by atoms with Crippen LogP contribution < -0.4 is 5.32 Å². The molecule has 0 saturated carbocycles. The van der Waals surface area contributed by atoms with Crippen molar-refractivity contribution in [2.45, 2.75) is 25.4 Å². The maximum absolute atomic E-state index is 13.8. The van der Waals surface area contributed by atoms with E-state index in [9.17, 15) is 13.6 Å². The van der Waals surface area contributed by atoms with Crippen LogP contribution in [0.2, 0.25) is 0 Å². The summed E-state index contributed by atoms with van der Waals surface area (Å²) in [6.45, 7) is 1.60. The number of aliphatic hydroxyl groups excluding tert-OH is 1. The number of benzene rings is 1. The number of carbonyl (C=O) groups excluding carboxylic acids is 1. The van der Waals surface area contributed by atoms with Gasteiger partial charge in [-0.3, -0.25) is 9.69 Å². The molecule has 3 rings (SSSR count). The van der Waals surface area contributed by atoms with Gasteiger partial charge in [0.15, 0.2) is 5.69 Å². The first-order valence-electron chi connectivity index (χ1n) is 8.54. The van der Waals surface area contributed by atoms with Crippen LogP contribution in [-0.4, -0.2) is 57.1 Å². The molecule has 1 amide bonds. The summed E-state index contributed by atoms with van der Waals surface area (Å²) in [4.78, 5) is 13.8. The third-order valence-corrected chi connectivity index (χ3v) is 4.51. The molecule has 26 heavy (non-hydrogen) atoms. The van der Waals surface area contributed by atoms with Crippen molar-refractivity contribution in [3.63, 3.8) is 0 Å². The van der Waals surface area contributed by atoms with Gasteiger partial charge >= 0.3 is 0 Å². The molecule has 9 heteroatoms. The van der Waals surface area contributed by atoms with Gasteiger partial charge in [0, 0.05) is 31.7 Å². The molecule has 2 N–H and O–H groups in total. The summed E-state index contributed by atoms with van der Waals surface area (Å²) in [7, 11) is 0. The van der Waals surface area contributed by atoms with Gasteiger partial charge in [-0.25, -0.2) is 13.5 Å². The lowest BCUT2D eigenvalue weighted by atomic mass is 10.0. The molecule has 1 aliphatic heterocycles. The number of aromatic nitrogens is 3. The number of hydrogen-bond acceptors (Lipinski definition) is 5. The second-order valence-electron chi connectivity index (χ2n) is 6.27. The number of rotatable bonds is 6. The highest BCUT2D eigenvalue weighted by Gasteiger charge is 2.24. The van der Waals surface area contributed by atoms with Gasteiger partial charge in [0.25, 0.3) is 5.91 Å². The van der Waals surface area contributed by atoms with E-state index in [0.717, 1.165) is 12.8 Å². The van der Waals surface area contributed by atoms with Crippen LogP contribution in [0.3, 0.4) is 0 Å². The Morgan fingerprint density at radius 1 is 1.27 bits per heavy atom. The van der Waals surface area contributed by atoms with Crippen LogP contribution in [-0.2, 0) is 6.54 Å². The Balaban J connectivity index is 1.55. The Labute approximate surface area is 149 Å². The number of likely N-dealkylation sites (tertiary alicyclic amines) is 1. The summed E-state index contributed by atoms with van der Waals surface area (Å²) >= 11 is 0. The standard InChI is InChI=1S/C17H21F2N5O2/c18-14-2-1-3-15(19)13(14)10-23-7-4-12(5-8-23)24-11-16(21-22-24)17(26)20-6-9-25/h1-3,11-12,25H,4-10H2,(H,20,26). The van der Waals surface area contributed by atoms with Crippen molar-refractivity contribution >= 4 is 5.91 Å². The predicted molar refractivity (Wildman–Crippen MR) is 89.3 cm³/mol. The molecular weight excluding hydrogens is 344 g/mol. The fourth-order valence-electron chi connectivity index (χ4n) is 3.07. The highest BCUT2D eigenvalue weighted by molar-refractivity contribution is 5.91. The summed E-state index contributed by atoms with van der Waals surface area (Å²) in [5.74, 6) is -1.43. The quantitative estimate of drug-likeness (QED) is 0.802. The second-order valence-corrected chi connectivity index (χ2v) is 6.27. The molecule has 1 aliphatic rings. The fraction of sp³-hybridized carbons (Fsp3) is 0.471. The molecule has 1 aromatic carbocycles. The summed E-state index contributed by atoms with van der Waals surface area (Å²) in [6, 6.07) is 3.98. The molecule has 0 unspecified atom stereocenters. The van der Waals surface area contributed by atoms with Crippen molar-refractivity contribution in [2.24, 2.45) is 0 Å². The third-order valence-electron chi connectivity index (χ3n) is 4.51.